The molecule has 2 aromatic carbocycles. The molecule has 2 amide bonds. The van der Waals surface area contributed by atoms with Gasteiger partial charge in [-0.25, -0.2) is 0 Å². The van der Waals surface area contributed by atoms with Gasteiger partial charge in [0.25, 0.3) is 5.91 Å². The maximum Gasteiger partial charge on any atom is 0.261 e. The van der Waals surface area contributed by atoms with Crippen LogP contribution in [0.3, 0.4) is 0 Å². The van der Waals surface area contributed by atoms with Crippen LogP contribution in [0.4, 0.5) is 0 Å². The van der Waals surface area contributed by atoms with Crippen molar-refractivity contribution >= 4 is 11.8 Å². The van der Waals surface area contributed by atoms with Crippen molar-refractivity contribution in [3.05, 3.63) is 54.1 Å². The minimum absolute atomic E-state index is 0.173. The first-order valence-electron chi connectivity index (χ1n) is 9.95. The molecule has 0 unspecified atom stereocenters. The third-order valence-corrected chi connectivity index (χ3v) is 4.65. The summed E-state index contributed by atoms with van der Waals surface area (Å²) in [7, 11) is 3.18. The number of methoxy groups -OCH3 is 2. The van der Waals surface area contributed by atoms with E-state index in [1.54, 1.807) is 45.4 Å². The van der Waals surface area contributed by atoms with Gasteiger partial charge in [0.2, 0.25) is 5.91 Å². The van der Waals surface area contributed by atoms with Gasteiger partial charge >= 0.3 is 0 Å². The number of hydrogen-bond donors (Lipinski definition) is 1. The smallest absolute Gasteiger partial charge is 0.261 e. The molecule has 0 saturated carbocycles. The van der Waals surface area contributed by atoms with Gasteiger partial charge in [0.1, 0.15) is 23.3 Å². The highest BCUT2D eigenvalue weighted by molar-refractivity contribution is 5.87. The Morgan fingerprint density at radius 1 is 0.933 bits per heavy atom. The lowest BCUT2D eigenvalue weighted by atomic mass is 10.1. The maximum absolute atomic E-state index is 13.0. The number of carbonyl (C=O) groups excluding carboxylic acids is 2. The summed E-state index contributed by atoms with van der Waals surface area (Å²) < 4.78 is 15.9. The highest BCUT2D eigenvalue weighted by Crippen LogP contribution is 2.18. The molecule has 0 radical (unpaired) electrons. The van der Waals surface area contributed by atoms with Crippen molar-refractivity contribution < 1.29 is 23.8 Å². The van der Waals surface area contributed by atoms with Crippen LogP contribution in [0, 0.1) is 0 Å². The SMILES string of the molecule is CCCNC(=O)[C@@H](C)N(Cc1ccc(OC)cc1)C(=O)COc1ccc(OC)cc1. The second kappa shape index (κ2) is 11.7. The molecule has 0 saturated heterocycles. The second-order valence-corrected chi connectivity index (χ2v) is 6.80. The number of nitrogens with zero attached hydrogens (tertiary/aromatic N) is 1. The fourth-order valence-electron chi connectivity index (χ4n) is 2.81. The van der Waals surface area contributed by atoms with E-state index in [1.807, 2.05) is 31.2 Å². The van der Waals surface area contributed by atoms with Gasteiger partial charge in [-0.1, -0.05) is 19.1 Å². The lowest BCUT2D eigenvalue weighted by Crippen LogP contribution is -2.49. The number of carbonyl (C=O) groups is 2. The summed E-state index contributed by atoms with van der Waals surface area (Å²) >= 11 is 0. The van der Waals surface area contributed by atoms with Gasteiger partial charge in [0.15, 0.2) is 6.61 Å². The first kappa shape index (κ1) is 23.1. The van der Waals surface area contributed by atoms with E-state index in [2.05, 4.69) is 5.32 Å². The molecule has 0 aromatic heterocycles. The summed E-state index contributed by atoms with van der Waals surface area (Å²) in [5.74, 6) is 1.52. The number of hydrogen-bond acceptors (Lipinski definition) is 5. The quantitative estimate of drug-likeness (QED) is 0.612. The standard InChI is InChI=1S/C23H30N2O5/c1-5-14-24-23(27)17(2)25(15-18-6-8-19(28-3)9-7-18)22(26)16-30-21-12-10-20(29-4)11-13-21/h6-13,17H,5,14-16H2,1-4H3,(H,24,27)/t17-/m1/s1. The van der Waals surface area contributed by atoms with Crippen LogP contribution in [-0.2, 0) is 16.1 Å². The summed E-state index contributed by atoms with van der Waals surface area (Å²) in [6, 6.07) is 13.8. The molecule has 7 nitrogen and oxygen atoms in total. The highest BCUT2D eigenvalue weighted by Gasteiger charge is 2.26. The molecule has 0 bridgehead atoms. The van der Waals surface area contributed by atoms with Crippen molar-refractivity contribution in [2.45, 2.75) is 32.9 Å². The zero-order chi connectivity index (χ0) is 21.9. The van der Waals surface area contributed by atoms with Crippen LogP contribution in [-0.4, -0.2) is 50.1 Å². The fourth-order valence-corrected chi connectivity index (χ4v) is 2.81. The van der Waals surface area contributed by atoms with Gasteiger partial charge in [-0.05, 0) is 55.3 Å². The second-order valence-electron chi connectivity index (χ2n) is 6.80. The molecule has 0 aliphatic rings. The topological polar surface area (TPSA) is 77.1 Å². The zero-order valence-corrected chi connectivity index (χ0v) is 18.0. The molecular formula is C23H30N2O5. The van der Waals surface area contributed by atoms with Crippen LogP contribution in [0.25, 0.3) is 0 Å². The van der Waals surface area contributed by atoms with Crippen LogP contribution >= 0.6 is 0 Å². The van der Waals surface area contributed by atoms with Gasteiger partial charge < -0.3 is 24.4 Å². The molecule has 2 rings (SSSR count). The Kier molecular flexibility index (Phi) is 9.00. The van der Waals surface area contributed by atoms with E-state index in [1.165, 1.54) is 4.90 Å². The molecular weight excluding hydrogens is 384 g/mol. The number of benzene rings is 2. The zero-order valence-electron chi connectivity index (χ0n) is 18.0. The Morgan fingerprint density at radius 2 is 1.47 bits per heavy atom. The maximum atomic E-state index is 13.0. The predicted molar refractivity (Wildman–Crippen MR) is 115 cm³/mol. The first-order valence-corrected chi connectivity index (χ1v) is 9.95. The van der Waals surface area contributed by atoms with Crippen molar-refractivity contribution in [2.24, 2.45) is 0 Å². The van der Waals surface area contributed by atoms with Crippen LogP contribution in [0.15, 0.2) is 48.5 Å². The van der Waals surface area contributed by atoms with E-state index in [0.29, 0.717) is 18.0 Å². The highest BCUT2D eigenvalue weighted by atomic mass is 16.5. The molecule has 30 heavy (non-hydrogen) atoms. The van der Waals surface area contributed by atoms with Gasteiger partial charge in [-0.3, -0.25) is 9.59 Å². The van der Waals surface area contributed by atoms with Crippen molar-refractivity contribution in [1.29, 1.82) is 0 Å². The summed E-state index contributed by atoms with van der Waals surface area (Å²) in [6.07, 6.45) is 0.825. The fraction of sp³-hybridized carbons (Fsp3) is 0.391. The molecule has 0 spiro atoms. The van der Waals surface area contributed by atoms with Crippen LogP contribution in [0.1, 0.15) is 25.8 Å². The summed E-state index contributed by atoms with van der Waals surface area (Å²) in [6.45, 7) is 4.38. The summed E-state index contributed by atoms with van der Waals surface area (Å²) in [5, 5.41) is 2.85. The van der Waals surface area contributed by atoms with Crippen molar-refractivity contribution in [2.75, 3.05) is 27.4 Å². The van der Waals surface area contributed by atoms with Gasteiger partial charge in [0, 0.05) is 13.1 Å². The number of amides is 2. The van der Waals surface area contributed by atoms with E-state index >= 15 is 0 Å². The molecule has 0 aliphatic heterocycles. The molecule has 0 fully saturated rings. The lowest BCUT2D eigenvalue weighted by Gasteiger charge is -2.28. The Bertz CT molecular complexity index is 805. The lowest BCUT2D eigenvalue weighted by molar-refractivity contribution is -0.142. The molecule has 0 heterocycles. The monoisotopic (exact) mass is 414 g/mol. The number of rotatable bonds is 11. The predicted octanol–water partition coefficient (Wildman–Crippen LogP) is 3.03. The average Bonchev–Trinajstić information content (AvgIpc) is 2.79. The van der Waals surface area contributed by atoms with Gasteiger partial charge in [0.05, 0.1) is 14.2 Å². The Hall–Kier alpha value is -3.22. The van der Waals surface area contributed by atoms with Gasteiger partial charge in [-0.2, -0.15) is 0 Å². The normalized spacial score (nSPS) is 11.3. The average molecular weight is 415 g/mol. The first-order chi connectivity index (χ1) is 14.5. The van der Waals surface area contributed by atoms with E-state index in [-0.39, 0.29) is 25.0 Å². The van der Waals surface area contributed by atoms with Crippen molar-refractivity contribution in [3.63, 3.8) is 0 Å². The van der Waals surface area contributed by atoms with Gasteiger partial charge in [-0.15, -0.1) is 0 Å². The molecule has 2 aromatic rings. The molecule has 1 atom stereocenters. The molecule has 1 N–H and O–H groups in total. The molecule has 7 heteroatoms. The summed E-state index contributed by atoms with van der Waals surface area (Å²) in [5.41, 5.74) is 0.892. The van der Waals surface area contributed by atoms with Crippen LogP contribution in [0.2, 0.25) is 0 Å². The molecule has 0 aliphatic carbocycles. The number of ether oxygens (including phenoxy) is 3. The minimum atomic E-state index is -0.634. The van der Waals surface area contributed by atoms with E-state index in [9.17, 15) is 9.59 Å². The van der Waals surface area contributed by atoms with Crippen molar-refractivity contribution in [3.8, 4) is 17.2 Å². The van der Waals surface area contributed by atoms with E-state index in [0.717, 1.165) is 17.7 Å². The largest absolute Gasteiger partial charge is 0.497 e. The molecule has 162 valence electrons. The Morgan fingerprint density at radius 3 is 2.00 bits per heavy atom. The van der Waals surface area contributed by atoms with E-state index in [4.69, 9.17) is 14.2 Å². The minimum Gasteiger partial charge on any atom is -0.497 e. The third kappa shape index (κ3) is 6.69. The summed E-state index contributed by atoms with van der Waals surface area (Å²) in [4.78, 5) is 27.0. The van der Waals surface area contributed by atoms with Crippen molar-refractivity contribution in [1.82, 2.24) is 10.2 Å². The Balaban J connectivity index is 2.10. The van der Waals surface area contributed by atoms with Crippen LogP contribution in [0.5, 0.6) is 17.2 Å². The van der Waals surface area contributed by atoms with E-state index < -0.39 is 6.04 Å². The Labute approximate surface area is 177 Å². The third-order valence-electron chi connectivity index (χ3n) is 4.65. The number of nitrogens with one attached hydrogen (secondary N) is 1. The van der Waals surface area contributed by atoms with Crippen LogP contribution < -0.4 is 19.5 Å².